The molecule has 0 aliphatic carbocycles. The molecule has 0 fully saturated rings. The molecule has 0 atom stereocenters. The molecule has 5 nitrogen and oxygen atoms in total. The summed E-state index contributed by atoms with van der Waals surface area (Å²) >= 11 is -0.244. The average molecular weight is 379 g/mol. The van der Waals surface area contributed by atoms with Crippen molar-refractivity contribution in [2.24, 2.45) is 0 Å². The van der Waals surface area contributed by atoms with Gasteiger partial charge in [0.05, 0.1) is 0 Å². The molecule has 0 unspecified atom stereocenters. The van der Waals surface area contributed by atoms with Crippen LogP contribution in [-0.4, -0.2) is 21.6 Å². The van der Waals surface area contributed by atoms with Crippen LogP contribution in [0, 0.1) is 6.92 Å². The monoisotopic (exact) mass is 379 g/mol. The highest BCUT2D eigenvalue weighted by molar-refractivity contribution is 8.00. The quantitative estimate of drug-likeness (QED) is 0.653. The van der Waals surface area contributed by atoms with E-state index in [0.29, 0.717) is 5.56 Å². The average Bonchev–Trinajstić information content (AvgIpc) is 3.03. The second-order valence-electron chi connectivity index (χ2n) is 5.32. The third-order valence-corrected chi connectivity index (χ3v) is 4.04. The zero-order chi connectivity index (χ0) is 18.7. The number of hydrogen-bond acceptors (Lipinski definition) is 5. The van der Waals surface area contributed by atoms with Crippen molar-refractivity contribution in [2.75, 3.05) is 5.32 Å². The molecule has 0 aliphatic rings. The molecule has 0 saturated heterocycles. The van der Waals surface area contributed by atoms with Crippen LogP contribution in [0.4, 0.5) is 19.1 Å². The van der Waals surface area contributed by atoms with Gasteiger partial charge in [-0.25, -0.2) is 0 Å². The minimum atomic E-state index is -4.37. The van der Waals surface area contributed by atoms with Gasteiger partial charge in [0.25, 0.3) is 17.7 Å². The molecule has 26 heavy (non-hydrogen) atoms. The van der Waals surface area contributed by atoms with Gasteiger partial charge in [0, 0.05) is 16.0 Å². The van der Waals surface area contributed by atoms with Crippen molar-refractivity contribution in [1.82, 2.24) is 10.1 Å². The Labute approximate surface area is 150 Å². The Morgan fingerprint density at radius 3 is 2.35 bits per heavy atom. The van der Waals surface area contributed by atoms with E-state index in [4.69, 9.17) is 4.52 Å². The highest BCUT2D eigenvalue weighted by Crippen LogP contribution is 2.36. The van der Waals surface area contributed by atoms with Gasteiger partial charge in [-0.05, 0) is 60.2 Å². The van der Waals surface area contributed by atoms with E-state index in [1.54, 1.807) is 0 Å². The van der Waals surface area contributed by atoms with Crippen molar-refractivity contribution in [3.8, 4) is 11.5 Å². The predicted octanol–water partition coefficient (Wildman–Crippen LogP) is 4.91. The second-order valence-corrected chi connectivity index (χ2v) is 6.45. The third kappa shape index (κ3) is 4.63. The Kier molecular flexibility index (Phi) is 4.99. The zero-order valence-electron chi connectivity index (χ0n) is 13.4. The van der Waals surface area contributed by atoms with Gasteiger partial charge in [-0.2, -0.15) is 18.2 Å². The van der Waals surface area contributed by atoms with Crippen LogP contribution < -0.4 is 5.32 Å². The molecule has 1 amide bonds. The number of anilines is 1. The normalized spacial score (nSPS) is 11.4. The maximum Gasteiger partial charge on any atom is 0.446 e. The molecule has 0 spiro atoms. The molecular formula is C17H12F3N3O2S. The lowest BCUT2D eigenvalue weighted by Crippen LogP contribution is -2.12. The van der Waals surface area contributed by atoms with E-state index in [0.717, 1.165) is 5.56 Å². The van der Waals surface area contributed by atoms with Crippen LogP contribution in [0.25, 0.3) is 11.5 Å². The standard InChI is InChI=1S/C17H12F3N3O2S/c1-10-2-4-12(5-3-10)15-22-16(23-25-15)21-14(24)11-6-8-13(9-7-11)26-17(18,19)20/h2-9H,1H3,(H,21,23,24). The fourth-order valence-corrected chi connectivity index (χ4v) is 2.61. The number of hydrogen-bond donors (Lipinski definition) is 1. The summed E-state index contributed by atoms with van der Waals surface area (Å²) in [5, 5.41) is 6.12. The topological polar surface area (TPSA) is 68.0 Å². The van der Waals surface area contributed by atoms with Gasteiger partial charge in [-0.3, -0.25) is 10.1 Å². The number of nitrogens with one attached hydrogen (secondary N) is 1. The molecule has 0 aliphatic heterocycles. The Balaban J connectivity index is 1.67. The van der Waals surface area contributed by atoms with Crippen molar-refractivity contribution < 1.29 is 22.5 Å². The molecule has 0 saturated carbocycles. The maximum atomic E-state index is 12.3. The number of nitrogens with zero attached hydrogens (tertiary/aromatic N) is 2. The number of aryl methyl sites for hydroxylation is 1. The first-order valence-electron chi connectivity index (χ1n) is 7.38. The number of carbonyl (C=O) groups is 1. The van der Waals surface area contributed by atoms with E-state index in [1.165, 1.54) is 24.3 Å². The highest BCUT2D eigenvalue weighted by Gasteiger charge is 2.29. The van der Waals surface area contributed by atoms with Crippen LogP contribution in [0.3, 0.4) is 0 Å². The fourth-order valence-electron chi connectivity index (χ4n) is 2.07. The minimum absolute atomic E-state index is 0.00438. The van der Waals surface area contributed by atoms with E-state index in [1.807, 2.05) is 31.2 Å². The lowest BCUT2D eigenvalue weighted by Gasteiger charge is -2.06. The SMILES string of the molecule is Cc1ccc(-c2nc(NC(=O)c3ccc(SC(F)(F)F)cc3)no2)cc1. The van der Waals surface area contributed by atoms with Gasteiger partial charge >= 0.3 is 5.51 Å². The minimum Gasteiger partial charge on any atom is -0.332 e. The summed E-state index contributed by atoms with van der Waals surface area (Å²) < 4.78 is 42.0. The summed E-state index contributed by atoms with van der Waals surface area (Å²) in [6.07, 6.45) is 0. The number of benzene rings is 2. The van der Waals surface area contributed by atoms with Gasteiger partial charge in [0.15, 0.2) is 0 Å². The summed E-state index contributed by atoms with van der Waals surface area (Å²) in [7, 11) is 0. The zero-order valence-corrected chi connectivity index (χ0v) is 14.2. The van der Waals surface area contributed by atoms with Gasteiger partial charge in [-0.1, -0.05) is 17.7 Å². The molecule has 1 heterocycles. The number of halogens is 3. The summed E-state index contributed by atoms with van der Waals surface area (Å²) in [6, 6.07) is 12.4. The smallest absolute Gasteiger partial charge is 0.332 e. The molecule has 1 aromatic heterocycles. The predicted molar refractivity (Wildman–Crippen MR) is 90.8 cm³/mol. The number of amides is 1. The van der Waals surface area contributed by atoms with E-state index in [2.05, 4.69) is 15.5 Å². The third-order valence-electron chi connectivity index (χ3n) is 3.30. The van der Waals surface area contributed by atoms with Crippen LogP contribution in [0.5, 0.6) is 0 Å². The summed E-state index contributed by atoms with van der Waals surface area (Å²) in [5.41, 5.74) is -2.41. The first-order valence-corrected chi connectivity index (χ1v) is 8.20. The number of thioether (sulfide) groups is 1. The fraction of sp³-hybridized carbons (Fsp3) is 0.118. The van der Waals surface area contributed by atoms with Crippen molar-refractivity contribution in [3.05, 3.63) is 59.7 Å². The van der Waals surface area contributed by atoms with E-state index < -0.39 is 11.4 Å². The molecule has 3 aromatic rings. The highest BCUT2D eigenvalue weighted by atomic mass is 32.2. The molecule has 2 aromatic carbocycles. The summed E-state index contributed by atoms with van der Waals surface area (Å²) in [5.74, 6) is -0.332. The lowest BCUT2D eigenvalue weighted by atomic mass is 10.1. The van der Waals surface area contributed by atoms with Crippen molar-refractivity contribution in [1.29, 1.82) is 0 Å². The molecule has 1 N–H and O–H groups in total. The van der Waals surface area contributed by atoms with Crippen LogP contribution >= 0.6 is 11.8 Å². The molecule has 0 radical (unpaired) electrons. The van der Waals surface area contributed by atoms with Gasteiger partial charge < -0.3 is 4.52 Å². The van der Waals surface area contributed by atoms with E-state index in [9.17, 15) is 18.0 Å². The second kappa shape index (κ2) is 7.20. The molecular weight excluding hydrogens is 367 g/mol. The Hall–Kier alpha value is -2.81. The summed E-state index contributed by atoms with van der Waals surface area (Å²) in [6.45, 7) is 1.95. The Morgan fingerprint density at radius 2 is 1.73 bits per heavy atom. The Bertz CT molecular complexity index is 906. The first kappa shape index (κ1) is 18.0. The number of aromatic nitrogens is 2. The van der Waals surface area contributed by atoms with E-state index in [-0.39, 0.29) is 34.1 Å². The molecule has 134 valence electrons. The van der Waals surface area contributed by atoms with Crippen molar-refractivity contribution in [3.63, 3.8) is 0 Å². The van der Waals surface area contributed by atoms with Gasteiger partial charge in [0.2, 0.25) is 0 Å². The van der Waals surface area contributed by atoms with Crippen molar-refractivity contribution in [2.45, 2.75) is 17.3 Å². The maximum absolute atomic E-state index is 12.3. The number of rotatable bonds is 4. The summed E-state index contributed by atoms with van der Waals surface area (Å²) in [4.78, 5) is 16.2. The van der Waals surface area contributed by atoms with E-state index >= 15 is 0 Å². The van der Waals surface area contributed by atoms with Gasteiger partial charge in [-0.15, -0.1) is 0 Å². The number of alkyl halides is 3. The molecule has 3 rings (SSSR count). The first-order chi connectivity index (χ1) is 12.3. The molecule has 0 bridgehead atoms. The lowest BCUT2D eigenvalue weighted by molar-refractivity contribution is -0.0328. The largest absolute Gasteiger partial charge is 0.446 e. The van der Waals surface area contributed by atoms with Crippen LogP contribution in [0.15, 0.2) is 57.9 Å². The number of carbonyl (C=O) groups excluding carboxylic acids is 1. The van der Waals surface area contributed by atoms with Gasteiger partial charge in [0.1, 0.15) is 0 Å². The van der Waals surface area contributed by atoms with Crippen LogP contribution in [-0.2, 0) is 0 Å². The van der Waals surface area contributed by atoms with Crippen molar-refractivity contribution >= 4 is 23.6 Å². The Morgan fingerprint density at radius 1 is 1.08 bits per heavy atom. The molecule has 9 heteroatoms. The van der Waals surface area contributed by atoms with Crippen LogP contribution in [0.1, 0.15) is 15.9 Å². The van der Waals surface area contributed by atoms with Crippen LogP contribution in [0.2, 0.25) is 0 Å².